The molecule has 25 heavy (non-hydrogen) atoms. The second-order valence-corrected chi connectivity index (χ2v) is 6.99. The van der Waals surface area contributed by atoms with Gasteiger partial charge < -0.3 is 14.8 Å². The summed E-state index contributed by atoms with van der Waals surface area (Å²) < 4.78 is 10.3. The van der Waals surface area contributed by atoms with Crippen molar-refractivity contribution in [3.8, 4) is 5.75 Å². The Morgan fingerprint density at radius 1 is 1.12 bits per heavy atom. The van der Waals surface area contributed by atoms with Crippen molar-refractivity contribution in [1.82, 2.24) is 10.6 Å². The molecule has 0 unspecified atom stereocenters. The van der Waals surface area contributed by atoms with Crippen molar-refractivity contribution in [1.29, 1.82) is 0 Å². The summed E-state index contributed by atoms with van der Waals surface area (Å²) >= 11 is 0. The highest BCUT2D eigenvalue weighted by molar-refractivity contribution is 5.95. The molecule has 1 aromatic rings. The first-order valence-corrected chi connectivity index (χ1v) is 8.24. The van der Waals surface area contributed by atoms with E-state index in [0.29, 0.717) is 5.75 Å². The summed E-state index contributed by atoms with van der Waals surface area (Å²) in [7, 11) is 0. The number of para-hydroxylation sites is 1. The first-order chi connectivity index (χ1) is 11.8. The molecule has 0 atom stereocenters. The topological polar surface area (TPSA) is 93.7 Å². The maximum atomic E-state index is 11.7. The van der Waals surface area contributed by atoms with Crippen LogP contribution in [0.5, 0.6) is 5.75 Å². The molecule has 2 N–H and O–H groups in total. The minimum Gasteiger partial charge on any atom is -0.482 e. The number of carbonyl (C=O) groups is 3. The molecule has 7 heteroatoms. The molecule has 1 aliphatic rings. The number of rotatable bonds is 6. The number of amides is 3. The number of nitrogens with one attached hydrogen (secondary N) is 2. The molecule has 0 aromatic heterocycles. The smallest absolute Gasteiger partial charge is 0.344 e. The van der Waals surface area contributed by atoms with Gasteiger partial charge in [-0.15, -0.1) is 0 Å². The van der Waals surface area contributed by atoms with Gasteiger partial charge in [-0.25, -0.2) is 9.59 Å². The summed E-state index contributed by atoms with van der Waals surface area (Å²) in [6.07, 6.45) is 1.84. The van der Waals surface area contributed by atoms with E-state index in [0.717, 1.165) is 18.4 Å². The van der Waals surface area contributed by atoms with Crippen LogP contribution in [0.15, 0.2) is 24.3 Å². The molecule has 0 heterocycles. The molecule has 1 saturated carbocycles. The van der Waals surface area contributed by atoms with Crippen molar-refractivity contribution >= 4 is 17.9 Å². The number of imide groups is 1. The molecule has 1 aromatic carbocycles. The van der Waals surface area contributed by atoms with Gasteiger partial charge in [-0.2, -0.15) is 0 Å². The predicted octanol–water partition coefficient (Wildman–Crippen LogP) is 1.89. The highest BCUT2D eigenvalue weighted by atomic mass is 16.6. The van der Waals surface area contributed by atoms with Crippen LogP contribution in [0.4, 0.5) is 4.79 Å². The molecular weight excluding hydrogens is 324 g/mol. The Hall–Kier alpha value is -2.57. The first-order valence-electron chi connectivity index (χ1n) is 8.24. The monoisotopic (exact) mass is 348 g/mol. The molecule has 0 spiro atoms. The average molecular weight is 348 g/mol. The highest BCUT2D eigenvalue weighted by Crippen LogP contribution is 2.30. The number of ether oxygens (including phenoxy) is 2. The maximum Gasteiger partial charge on any atom is 0.344 e. The molecule has 0 radical (unpaired) electrons. The number of urea groups is 1. The standard InChI is InChI=1S/C18H24N2O5/c1-18(2,3)13-6-4-5-7-14(13)24-11-16(22)25-10-15(21)20-17(23)19-12-8-9-12/h4-7,12H,8-11H2,1-3H3,(H2,19,20,21,23). The van der Waals surface area contributed by atoms with Gasteiger partial charge in [0.15, 0.2) is 13.2 Å². The zero-order chi connectivity index (χ0) is 18.4. The van der Waals surface area contributed by atoms with Crippen LogP contribution in [0.1, 0.15) is 39.2 Å². The maximum absolute atomic E-state index is 11.7. The van der Waals surface area contributed by atoms with Gasteiger partial charge in [-0.05, 0) is 29.9 Å². The second-order valence-electron chi connectivity index (χ2n) is 6.99. The summed E-state index contributed by atoms with van der Waals surface area (Å²) in [4.78, 5) is 34.6. The Morgan fingerprint density at radius 2 is 1.80 bits per heavy atom. The van der Waals surface area contributed by atoms with E-state index in [9.17, 15) is 14.4 Å². The summed E-state index contributed by atoms with van der Waals surface area (Å²) in [5.41, 5.74) is 0.840. The minimum atomic E-state index is -0.679. The van der Waals surface area contributed by atoms with Gasteiger partial charge in [0.1, 0.15) is 5.75 Å². The Kier molecular flexibility index (Phi) is 6.01. The lowest BCUT2D eigenvalue weighted by atomic mass is 9.86. The summed E-state index contributed by atoms with van der Waals surface area (Å²) in [5, 5.41) is 4.71. The Labute approximate surface area is 147 Å². The van der Waals surface area contributed by atoms with Crippen molar-refractivity contribution in [2.75, 3.05) is 13.2 Å². The fraction of sp³-hybridized carbons (Fsp3) is 0.500. The van der Waals surface area contributed by atoms with Crippen molar-refractivity contribution < 1.29 is 23.9 Å². The largest absolute Gasteiger partial charge is 0.482 e. The van der Waals surface area contributed by atoms with Crippen LogP contribution in [-0.4, -0.2) is 37.2 Å². The van der Waals surface area contributed by atoms with Crippen molar-refractivity contribution in [3.63, 3.8) is 0 Å². The van der Waals surface area contributed by atoms with Gasteiger partial charge in [-0.1, -0.05) is 39.0 Å². The van der Waals surface area contributed by atoms with Crippen molar-refractivity contribution in [3.05, 3.63) is 29.8 Å². The van der Waals surface area contributed by atoms with Gasteiger partial charge in [0.25, 0.3) is 5.91 Å². The van der Waals surface area contributed by atoms with Crippen LogP contribution in [0.25, 0.3) is 0 Å². The van der Waals surface area contributed by atoms with E-state index in [1.54, 1.807) is 6.07 Å². The number of hydrogen-bond acceptors (Lipinski definition) is 5. The van der Waals surface area contributed by atoms with E-state index in [1.165, 1.54) is 0 Å². The summed E-state index contributed by atoms with van der Waals surface area (Å²) in [6, 6.07) is 7.02. The molecule has 0 aliphatic heterocycles. The SMILES string of the molecule is CC(C)(C)c1ccccc1OCC(=O)OCC(=O)NC(=O)NC1CC1. The highest BCUT2D eigenvalue weighted by Gasteiger charge is 2.24. The van der Waals surface area contributed by atoms with Crippen LogP contribution in [0.3, 0.4) is 0 Å². The zero-order valence-electron chi connectivity index (χ0n) is 14.8. The quantitative estimate of drug-likeness (QED) is 0.766. The van der Waals surface area contributed by atoms with Crippen LogP contribution >= 0.6 is 0 Å². The lowest BCUT2D eigenvalue weighted by Gasteiger charge is -2.22. The fourth-order valence-electron chi connectivity index (χ4n) is 2.15. The van der Waals surface area contributed by atoms with Gasteiger partial charge in [0.2, 0.25) is 0 Å². The first kappa shape index (κ1) is 18.8. The summed E-state index contributed by atoms with van der Waals surface area (Å²) in [6.45, 7) is 5.30. The van der Waals surface area contributed by atoms with Crippen LogP contribution < -0.4 is 15.4 Å². The van der Waals surface area contributed by atoms with Crippen LogP contribution in [0, 0.1) is 0 Å². The van der Waals surface area contributed by atoms with Crippen molar-refractivity contribution in [2.45, 2.75) is 45.1 Å². The number of carbonyl (C=O) groups excluding carboxylic acids is 3. The van der Waals surface area contributed by atoms with Gasteiger partial charge >= 0.3 is 12.0 Å². The molecule has 3 amide bonds. The Bertz CT molecular complexity index is 647. The molecule has 2 rings (SSSR count). The number of esters is 1. The van der Waals surface area contributed by atoms with Crippen molar-refractivity contribution in [2.24, 2.45) is 0 Å². The Morgan fingerprint density at radius 3 is 2.44 bits per heavy atom. The second kappa shape index (κ2) is 8.00. The normalized spacial score (nSPS) is 13.7. The van der Waals surface area contributed by atoms with E-state index in [4.69, 9.17) is 9.47 Å². The molecule has 136 valence electrons. The lowest BCUT2D eigenvalue weighted by Crippen LogP contribution is -2.42. The average Bonchev–Trinajstić information content (AvgIpc) is 3.34. The Balaban J connectivity index is 1.73. The number of benzene rings is 1. The third-order valence-corrected chi connectivity index (χ3v) is 3.57. The molecule has 0 bridgehead atoms. The van der Waals surface area contributed by atoms with E-state index >= 15 is 0 Å². The van der Waals surface area contributed by atoms with Crippen LogP contribution in [0.2, 0.25) is 0 Å². The van der Waals surface area contributed by atoms with E-state index in [1.807, 2.05) is 39.0 Å². The van der Waals surface area contributed by atoms with E-state index in [2.05, 4.69) is 10.6 Å². The van der Waals surface area contributed by atoms with Gasteiger partial charge in [-0.3, -0.25) is 10.1 Å². The van der Waals surface area contributed by atoms with Gasteiger partial charge in [0.05, 0.1) is 0 Å². The summed E-state index contributed by atoms with van der Waals surface area (Å²) in [5.74, 6) is -0.761. The van der Waals surface area contributed by atoms with E-state index < -0.39 is 24.5 Å². The minimum absolute atomic E-state index is 0.130. The molecular formula is C18H24N2O5. The zero-order valence-corrected chi connectivity index (χ0v) is 14.8. The van der Waals surface area contributed by atoms with E-state index in [-0.39, 0.29) is 18.1 Å². The lowest BCUT2D eigenvalue weighted by molar-refractivity contribution is -0.150. The molecule has 0 saturated heterocycles. The third-order valence-electron chi connectivity index (χ3n) is 3.57. The van der Waals surface area contributed by atoms with Gasteiger partial charge in [0, 0.05) is 6.04 Å². The molecule has 1 fully saturated rings. The predicted molar refractivity (Wildman–Crippen MR) is 91.3 cm³/mol. The third kappa shape index (κ3) is 6.45. The molecule has 7 nitrogen and oxygen atoms in total. The molecule has 1 aliphatic carbocycles. The van der Waals surface area contributed by atoms with Crippen LogP contribution in [-0.2, 0) is 19.7 Å². The fourth-order valence-corrected chi connectivity index (χ4v) is 2.15. The number of hydrogen-bond donors (Lipinski definition) is 2.